The summed E-state index contributed by atoms with van der Waals surface area (Å²) in [5, 5.41) is 9.22. The van der Waals surface area contributed by atoms with Gasteiger partial charge in [-0.05, 0) is 24.6 Å². The Kier molecular flexibility index (Phi) is 4.25. The number of amides is 1. The van der Waals surface area contributed by atoms with Crippen molar-refractivity contribution in [2.24, 2.45) is 5.73 Å². The summed E-state index contributed by atoms with van der Waals surface area (Å²) in [6.07, 6.45) is -0.688. The molecule has 0 radical (unpaired) electrons. The van der Waals surface area contributed by atoms with Gasteiger partial charge in [0.2, 0.25) is 5.91 Å². The van der Waals surface area contributed by atoms with Crippen molar-refractivity contribution < 1.29 is 19.0 Å². The minimum atomic E-state index is -0.728. The van der Waals surface area contributed by atoms with E-state index in [1.807, 2.05) is 0 Å². The van der Waals surface area contributed by atoms with Gasteiger partial charge in [0.05, 0.1) is 19.1 Å². The SMILES string of the molecule is C[C@@H](O)c1ccc(OCCC(N)=O)c(F)c1. The highest BCUT2D eigenvalue weighted by Crippen LogP contribution is 2.21. The Morgan fingerprint density at radius 3 is 2.81 bits per heavy atom. The molecule has 4 nitrogen and oxygen atoms in total. The van der Waals surface area contributed by atoms with Gasteiger partial charge in [0.15, 0.2) is 11.6 Å². The fraction of sp³-hybridized carbons (Fsp3) is 0.364. The maximum atomic E-state index is 13.4. The quantitative estimate of drug-likeness (QED) is 0.792. The van der Waals surface area contributed by atoms with Crippen LogP contribution in [0.3, 0.4) is 0 Å². The summed E-state index contributed by atoms with van der Waals surface area (Å²) in [6.45, 7) is 1.59. The molecule has 1 rings (SSSR count). The fourth-order valence-electron chi connectivity index (χ4n) is 1.16. The standard InChI is InChI=1S/C11H14FNO3/c1-7(14)8-2-3-10(9(12)6-8)16-5-4-11(13)15/h2-3,6-7,14H,4-5H2,1H3,(H2,13,15)/t7-/m1/s1. The Labute approximate surface area is 92.8 Å². The van der Waals surface area contributed by atoms with E-state index in [0.29, 0.717) is 5.56 Å². The Hall–Kier alpha value is -1.62. The maximum Gasteiger partial charge on any atom is 0.220 e. The van der Waals surface area contributed by atoms with Gasteiger partial charge in [-0.15, -0.1) is 0 Å². The summed E-state index contributed by atoms with van der Waals surface area (Å²) in [6, 6.07) is 4.18. The molecule has 0 saturated carbocycles. The van der Waals surface area contributed by atoms with Gasteiger partial charge in [-0.25, -0.2) is 4.39 Å². The van der Waals surface area contributed by atoms with Gasteiger partial charge in [-0.3, -0.25) is 4.79 Å². The van der Waals surface area contributed by atoms with Gasteiger partial charge in [-0.1, -0.05) is 6.07 Å². The highest BCUT2D eigenvalue weighted by molar-refractivity contribution is 5.73. The van der Waals surface area contributed by atoms with Crippen molar-refractivity contribution in [2.45, 2.75) is 19.4 Å². The molecule has 0 aliphatic heterocycles. The fourth-order valence-corrected chi connectivity index (χ4v) is 1.16. The Balaban J connectivity index is 2.64. The Morgan fingerprint density at radius 1 is 1.62 bits per heavy atom. The van der Waals surface area contributed by atoms with Crippen molar-refractivity contribution in [2.75, 3.05) is 6.61 Å². The third-order valence-corrected chi connectivity index (χ3v) is 2.04. The van der Waals surface area contributed by atoms with E-state index in [0.717, 1.165) is 0 Å². The second-order valence-electron chi connectivity index (χ2n) is 3.43. The molecule has 0 heterocycles. The van der Waals surface area contributed by atoms with Crippen molar-refractivity contribution in [1.82, 2.24) is 0 Å². The number of nitrogens with two attached hydrogens (primary N) is 1. The van der Waals surface area contributed by atoms with Crippen LogP contribution in [0.5, 0.6) is 5.75 Å². The first-order chi connectivity index (χ1) is 7.50. The van der Waals surface area contributed by atoms with Gasteiger partial charge in [-0.2, -0.15) is 0 Å². The zero-order valence-electron chi connectivity index (χ0n) is 8.94. The average molecular weight is 227 g/mol. The van der Waals surface area contributed by atoms with Crippen LogP contribution in [0.1, 0.15) is 25.0 Å². The molecule has 1 amide bonds. The van der Waals surface area contributed by atoms with Crippen LogP contribution in [0.15, 0.2) is 18.2 Å². The van der Waals surface area contributed by atoms with E-state index in [4.69, 9.17) is 10.5 Å². The molecular weight excluding hydrogens is 213 g/mol. The normalized spacial score (nSPS) is 12.2. The average Bonchev–Trinajstić information content (AvgIpc) is 2.19. The van der Waals surface area contributed by atoms with Gasteiger partial charge in [0, 0.05) is 0 Å². The van der Waals surface area contributed by atoms with Crippen LogP contribution < -0.4 is 10.5 Å². The number of primary amides is 1. The molecule has 0 unspecified atom stereocenters. The van der Waals surface area contributed by atoms with Crippen LogP contribution in [-0.2, 0) is 4.79 Å². The first-order valence-electron chi connectivity index (χ1n) is 4.89. The molecule has 0 aromatic heterocycles. The number of carbonyl (C=O) groups is 1. The van der Waals surface area contributed by atoms with Crippen molar-refractivity contribution >= 4 is 5.91 Å². The molecule has 0 spiro atoms. The summed E-state index contributed by atoms with van der Waals surface area (Å²) in [5.41, 5.74) is 5.38. The lowest BCUT2D eigenvalue weighted by Gasteiger charge is -2.09. The van der Waals surface area contributed by atoms with Crippen LogP contribution in [0.2, 0.25) is 0 Å². The number of ether oxygens (including phenoxy) is 1. The smallest absolute Gasteiger partial charge is 0.220 e. The van der Waals surface area contributed by atoms with E-state index >= 15 is 0 Å². The zero-order valence-corrected chi connectivity index (χ0v) is 8.94. The molecule has 1 atom stereocenters. The summed E-state index contributed by atoms with van der Waals surface area (Å²) < 4.78 is 18.4. The Morgan fingerprint density at radius 2 is 2.31 bits per heavy atom. The third-order valence-electron chi connectivity index (χ3n) is 2.04. The molecule has 0 saturated heterocycles. The van der Waals surface area contributed by atoms with Gasteiger partial charge >= 0.3 is 0 Å². The summed E-state index contributed by atoms with van der Waals surface area (Å²) >= 11 is 0. The van der Waals surface area contributed by atoms with Gasteiger partial charge in [0.25, 0.3) is 0 Å². The predicted octanol–water partition coefficient (Wildman–Crippen LogP) is 1.13. The number of hydrogen-bond donors (Lipinski definition) is 2. The summed E-state index contributed by atoms with van der Waals surface area (Å²) in [7, 11) is 0. The lowest BCUT2D eigenvalue weighted by Crippen LogP contribution is -2.14. The molecule has 1 aromatic carbocycles. The van der Waals surface area contributed by atoms with E-state index in [2.05, 4.69) is 0 Å². The van der Waals surface area contributed by atoms with E-state index in [1.54, 1.807) is 13.0 Å². The highest BCUT2D eigenvalue weighted by atomic mass is 19.1. The molecule has 0 fully saturated rings. The van der Waals surface area contributed by atoms with E-state index < -0.39 is 17.8 Å². The van der Waals surface area contributed by atoms with Gasteiger partial charge in [0.1, 0.15) is 0 Å². The second-order valence-corrected chi connectivity index (χ2v) is 3.43. The second kappa shape index (κ2) is 5.46. The number of rotatable bonds is 5. The third kappa shape index (κ3) is 3.51. The number of aliphatic hydroxyl groups excluding tert-OH is 1. The minimum Gasteiger partial charge on any atom is -0.490 e. The molecule has 0 aliphatic rings. The van der Waals surface area contributed by atoms with Crippen LogP contribution in [0.4, 0.5) is 4.39 Å². The summed E-state index contributed by atoms with van der Waals surface area (Å²) in [4.78, 5) is 10.4. The van der Waals surface area contributed by atoms with Crippen molar-refractivity contribution in [3.63, 3.8) is 0 Å². The number of aliphatic hydroxyl groups is 1. The van der Waals surface area contributed by atoms with Crippen LogP contribution in [0.25, 0.3) is 0 Å². The minimum absolute atomic E-state index is 0.0393. The van der Waals surface area contributed by atoms with Crippen LogP contribution in [-0.4, -0.2) is 17.6 Å². The molecule has 5 heteroatoms. The van der Waals surface area contributed by atoms with Crippen LogP contribution >= 0.6 is 0 Å². The number of halogens is 1. The first kappa shape index (κ1) is 12.4. The maximum absolute atomic E-state index is 13.4. The van der Waals surface area contributed by atoms with Crippen molar-refractivity contribution in [3.05, 3.63) is 29.6 Å². The molecule has 0 bridgehead atoms. The molecule has 88 valence electrons. The molecule has 0 aliphatic carbocycles. The monoisotopic (exact) mass is 227 g/mol. The first-order valence-corrected chi connectivity index (χ1v) is 4.89. The molecular formula is C11H14FNO3. The molecule has 1 aromatic rings. The lowest BCUT2D eigenvalue weighted by atomic mass is 10.1. The molecule has 16 heavy (non-hydrogen) atoms. The predicted molar refractivity (Wildman–Crippen MR) is 56.3 cm³/mol. The number of benzene rings is 1. The number of carbonyl (C=O) groups excluding carboxylic acids is 1. The number of hydrogen-bond acceptors (Lipinski definition) is 3. The lowest BCUT2D eigenvalue weighted by molar-refractivity contribution is -0.118. The topological polar surface area (TPSA) is 72.6 Å². The van der Waals surface area contributed by atoms with Crippen molar-refractivity contribution in [3.8, 4) is 5.75 Å². The largest absolute Gasteiger partial charge is 0.490 e. The van der Waals surface area contributed by atoms with E-state index in [1.165, 1.54) is 12.1 Å². The highest BCUT2D eigenvalue weighted by Gasteiger charge is 2.08. The van der Waals surface area contributed by atoms with Gasteiger partial charge < -0.3 is 15.6 Å². The van der Waals surface area contributed by atoms with Crippen molar-refractivity contribution in [1.29, 1.82) is 0 Å². The van der Waals surface area contributed by atoms with E-state index in [-0.39, 0.29) is 18.8 Å². The zero-order chi connectivity index (χ0) is 12.1. The summed E-state index contributed by atoms with van der Waals surface area (Å²) in [5.74, 6) is -1.02. The van der Waals surface area contributed by atoms with E-state index in [9.17, 15) is 14.3 Å². The Bertz CT molecular complexity index is 379. The van der Waals surface area contributed by atoms with Crippen LogP contribution in [0, 0.1) is 5.82 Å². The molecule has 3 N–H and O–H groups in total.